The lowest BCUT2D eigenvalue weighted by molar-refractivity contribution is 0.214. The van der Waals surface area contributed by atoms with Crippen LogP contribution in [-0.4, -0.2) is 35.7 Å². The third-order valence-electron chi connectivity index (χ3n) is 9.55. The van der Waals surface area contributed by atoms with Crippen molar-refractivity contribution in [1.29, 1.82) is 0 Å². The number of ether oxygens (including phenoxy) is 3. The lowest BCUT2D eigenvalue weighted by Gasteiger charge is -2.19. The van der Waals surface area contributed by atoms with Gasteiger partial charge in [0.1, 0.15) is 37.1 Å². The standard InChI is InChI=1S/C44H46N2O3.C2H6/c1-34-42-30-41(49-33-37-14-8-5-9-15-37)24-25-43(42)46(44(34)38-18-22-40(23-19-38)48-32-36-12-6-4-7-13-36)31-35-16-20-39(21-17-35)47-29-28-45-26-10-2-3-11-27-45;1-2/h4-9,12-25,30H,2-3,10-11,26-29,31-33H2,1H3;1-2H3. The van der Waals surface area contributed by atoms with Crippen LogP contribution in [0.4, 0.5) is 0 Å². The van der Waals surface area contributed by atoms with Gasteiger partial charge in [0, 0.05) is 24.0 Å². The van der Waals surface area contributed by atoms with Gasteiger partial charge in [-0.25, -0.2) is 0 Å². The summed E-state index contributed by atoms with van der Waals surface area (Å²) in [6, 6.07) is 44.2. The molecule has 0 radical (unpaired) electrons. The minimum atomic E-state index is 0.538. The molecule has 0 bridgehead atoms. The van der Waals surface area contributed by atoms with Crippen molar-refractivity contribution in [3.8, 4) is 28.5 Å². The number of aryl methyl sites for hydroxylation is 1. The highest BCUT2D eigenvalue weighted by atomic mass is 16.5. The summed E-state index contributed by atoms with van der Waals surface area (Å²) in [5.74, 6) is 2.66. The van der Waals surface area contributed by atoms with E-state index in [0.29, 0.717) is 13.2 Å². The third-order valence-corrected chi connectivity index (χ3v) is 9.55. The molecule has 2 heterocycles. The Kier molecular flexibility index (Phi) is 12.8. The molecule has 0 amide bonds. The average Bonchev–Trinajstić information content (AvgIpc) is 3.31. The monoisotopic (exact) mass is 680 g/mol. The molecular weight excluding hydrogens is 629 g/mol. The van der Waals surface area contributed by atoms with E-state index >= 15 is 0 Å². The molecule has 1 aliphatic rings. The number of fused-ring (bicyclic) bond motifs is 1. The summed E-state index contributed by atoms with van der Waals surface area (Å²) in [7, 11) is 0. The van der Waals surface area contributed by atoms with Crippen molar-refractivity contribution in [2.24, 2.45) is 0 Å². The first-order valence-electron chi connectivity index (χ1n) is 18.7. The Labute approximate surface area is 304 Å². The van der Waals surface area contributed by atoms with Crippen molar-refractivity contribution < 1.29 is 14.2 Å². The maximum absolute atomic E-state index is 6.25. The highest BCUT2D eigenvalue weighted by molar-refractivity contribution is 5.92. The second-order valence-electron chi connectivity index (χ2n) is 13.1. The summed E-state index contributed by atoms with van der Waals surface area (Å²) in [6.07, 6.45) is 5.32. The Morgan fingerprint density at radius 1 is 0.549 bits per heavy atom. The van der Waals surface area contributed by atoms with Crippen LogP contribution in [0.3, 0.4) is 0 Å². The van der Waals surface area contributed by atoms with Crippen LogP contribution in [0.15, 0.2) is 127 Å². The van der Waals surface area contributed by atoms with Crippen LogP contribution in [0.1, 0.15) is 61.8 Å². The molecule has 0 spiro atoms. The van der Waals surface area contributed by atoms with E-state index in [1.807, 2.05) is 50.2 Å². The van der Waals surface area contributed by atoms with Gasteiger partial charge in [-0.1, -0.05) is 99.5 Å². The van der Waals surface area contributed by atoms with Crippen molar-refractivity contribution in [2.45, 2.75) is 66.2 Å². The summed E-state index contributed by atoms with van der Waals surface area (Å²) in [6.45, 7) is 12.1. The Morgan fingerprint density at radius 3 is 1.73 bits per heavy atom. The van der Waals surface area contributed by atoms with E-state index < -0.39 is 0 Å². The molecule has 1 fully saturated rings. The van der Waals surface area contributed by atoms with Gasteiger partial charge in [0.15, 0.2) is 0 Å². The summed E-state index contributed by atoms with van der Waals surface area (Å²) in [4.78, 5) is 2.54. The van der Waals surface area contributed by atoms with Gasteiger partial charge in [-0.2, -0.15) is 0 Å². The van der Waals surface area contributed by atoms with E-state index in [0.717, 1.165) is 53.6 Å². The third kappa shape index (κ3) is 9.62. The first-order valence-corrected chi connectivity index (χ1v) is 18.7. The molecule has 5 heteroatoms. The van der Waals surface area contributed by atoms with Gasteiger partial charge in [0.2, 0.25) is 0 Å². The van der Waals surface area contributed by atoms with Crippen LogP contribution in [0, 0.1) is 6.92 Å². The van der Waals surface area contributed by atoms with Gasteiger partial charge in [-0.3, -0.25) is 4.90 Å². The predicted octanol–water partition coefficient (Wildman–Crippen LogP) is 11.1. The van der Waals surface area contributed by atoms with Crippen LogP contribution >= 0.6 is 0 Å². The molecule has 1 saturated heterocycles. The Balaban J connectivity index is 0.00000220. The fourth-order valence-electron chi connectivity index (χ4n) is 6.84. The molecule has 1 aromatic heterocycles. The van der Waals surface area contributed by atoms with Crippen LogP contribution in [0.5, 0.6) is 17.2 Å². The Bertz CT molecular complexity index is 1910. The summed E-state index contributed by atoms with van der Waals surface area (Å²) in [5.41, 5.74) is 8.30. The van der Waals surface area contributed by atoms with Crippen molar-refractivity contribution in [3.05, 3.63) is 150 Å². The largest absolute Gasteiger partial charge is 0.492 e. The number of benzene rings is 5. The van der Waals surface area contributed by atoms with Gasteiger partial charge < -0.3 is 18.8 Å². The van der Waals surface area contributed by atoms with Crippen molar-refractivity contribution in [2.75, 3.05) is 26.2 Å². The van der Waals surface area contributed by atoms with E-state index in [4.69, 9.17) is 14.2 Å². The fraction of sp³-hybridized carbons (Fsp3) is 0.304. The molecule has 0 unspecified atom stereocenters. The summed E-state index contributed by atoms with van der Waals surface area (Å²) >= 11 is 0. The number of hydrogen-bond acceptors (Lipinski definition) is 4. The maximum atomic E-state index is 6.25. The fourth-order valence-corrected chi connectivity index (χ4v) is 6.84. The number of rotatable bonds is 13. The highest BCUT2D eigenvalue weighted by Crippen LogP contribution is 2.37. The number of hydrogen-bond donors (Lipinski definition) is 0. The normalized spacial score (nSPS) is 13.2. The average molecular weight is 681 g/mol. The Morgan fingerprint density at radius 2 is 1.10 bits per heavy atom. The SMILES string of the molecule is CC.Cc1c(-c2ccc(OCc3ccccc3)cc2)n(Cc2ccc(OCCN3CCCCCC3)cc2)c2ccc(OCc3ccccc3)cc12. The zero-order valence-electron chi connectivity index (χ0n) is 30.5. The first kappa shape index (κ1) is 35.8. The molecular formula is C46H52N2O3. The molecule has 0 aliphatic carbocycles. The number of nitrogens with zero attached hydrogens (tertiary/aromatic N) is 2. The molecule has 51 heavy (non-hydrogen) atoms. The highest BCUT2D eigenvalue weighted by Gasteiger charge is 2.18. The molecule has 0 saturated carbocycles. The van der Waals surface area contributed by atoms with Crippen LogP contribution < -0.4 is 14.2 Å². The first-order chi connectivity index (χ1) is 25.2. The van der Waals surface area contributed by atoms with E-state index in [1.165, 1.54) is 66.5 Å². The van der Waals surface area contributed by atoms with Gasteiger partial charge in [-0.15, -0.1) is 0 Å². The molecule has 1 aliphatic heterocycles. The zero-order chi connectivity index (χ0) is 35.3. The van der Waals surface area contributed by atoms with Crippen LogP contribution in [-0.2, 0) is 19.8 Å². The second-order valence-corrected chi connectivity index (χ2v) is 13.1. The van der Waals surface area contributed by atoms with E-state index in [1.54, 1.807) is 0 Å². The van der Waals surface area contributed by atoms with E-state index in [9.17, 15) is 0 Å². The summed E-state index contributed by atoms with van der Waals surface area (Å²) in [5, 5.41) is 1.19. The zero-order valence-corrected chi connectivity index (χ0v) is 30.5. The topological polar surface area (TPSA) is 35.9 Å². The molecule has 5 nitrogen and oxygen atoms in total. The van der Waals surface area contributed by atoms with E-state index in [2.05, 4.69) is 107 Å². The van der Waals surface area contributed by atoms with Crippen molar-refractivity contribution in [1.82, 2.24) is 9.47 Å². The molecule has 7 rings (SSSR count). The smallest absolute Gasteiger partial charge is 0.120 e. The van der Waals surface area contributed by atoms with Gasteiger partial charge in [0.25, 0.3) is 0 Å². The molecule has 264 valence electrons. The number of likely N-dealkylation sites (tertiary alicyclic amines) is 1. The quantitative estimate of drug-likeness (QED) is 0.122. The molecule has 0 atom stereocenters. The minimum absolute atomic E-state index is 0.538. The number of aromatic nitrogens is 1. The molecule has 0 N–H and O–H groups in total. The molecule has 6 aromatic rings. The second kappa shape index (κ2) is 18.3. The predicted molar refractivity (Wildman–Crippen MR) is 211 cm³/mol. The van der Waals surface area contributed by atoms with Gasteiger partial charge >= 0.3 is 0 Å². The minimum Gasteiger partial charge on any atom is -0.492 e. The molecule has 5 aromatic carbocycles. The van der Waals surface area contributed by atoms with Gasteiger partial charge in [0.05, 0.1) is 5.69 Å². The van der Waals surface area contributed by atoms with Crippen LogP contribution in [0.2, 0.25) is 0 Å². The van der Waals surface area contributed by atoms with Crippen LogP contribution in [0.25, 0.3) is 22.2 Å². The lowest BCUT2D eigenvalue weighted by atomic mass is 10.1. The van der Waals surface area contributed by atoms with Crippen molar-refractivity contribution >= 4 is 10.9 Å². The van der Waals surface area contributed by atoms with Crippen molar-refractivity contribution in [3.63, 3.8) is 0 Å². The van der Waals surface area contributed by atoms with E-state index in [-0.39, 0.29) is 0 Å². The summed E-state index contributed by atoms with van der Waals surface area (Å²) < 4.78 is 21.0. The van der Waals surface area contributed by atoms with Gasteiger partial charge in [-0.05, 0) is 115 Å². The Hall–Kier alpha value is -5.00. The maximum Gasteiger partial charge on any atom is 0.120 e. The lowest BCUT2D eigenvalue weighted by Crippen LogP contribution is -2.29.